The van der Waals surface area contributed by atoms with Gasteiger partial charge < -0.3 is 10.3 Å². The van der Waals surface area contributed by atoms with E-state index in [4.69, 9.17) is 17.2 Å². The molecular weight excluding hydrogens is 296 g/mol. The highest BCUT2D eigenvalue weighted by Crippen LogP contribution is 2.40. The van der Waals surface area contributed by atoms with Gasteiger partial charge >= 0.3 is 0 Å². The van der Waals surface area contributed by atoms with E-state index in [1.165, 1.54) is 6.21 Å². The van der Waals surface area contributed by atoms with Crippen LogP contribution in [0.25, 0.3) is 11.3 Å². The first kappa shape index (κ1) is 15.4. The molecule has 0 radical (unpaired) electrons. The van der Waals surface area contributed by atoms with Crippen molar-refractivity contribution in [1.29, 1.82) is 10.8 Å². The van der Waals surface area contributed by atoms with Crippen molar-refractivity contribution in [2.45, 2.75) is 0 Å². The molecule has 0 atom stereocenters. The van der Waals surface area contributed by atoms with Crippen molar-refractivity contribution in [2.24, 2.45) is 0 Å². The summed E-state index contributed by atoms with van der Waals surface area (Å²) in [5.74, 6) is 2.65. The Hall–Kier alpha value is -3.45. The summed E-state index contributed by atoms with van der Waals surface area (Å²) in [5.41, 5.74) is 4.58. The Balaban J connectivity index is 2.29. The van der Waals surface area contributed by atoms with Crippen molar-refractivity contribution in [2.75, 3.05) is 6.54 Å². The van der Waals surface area contributed by atoms with Crippen LogP contribution in [0.2, 0.25) is 0 Å². The molecule has 0 bridgehead atoms. The molecule has 1 aromatic heterocycles. The largest absolute Gasteiger partial charge is 0.327 e. The number of rotatable bonds is 4. The highest BCUT2D eigenvalue weighted by atomic mass is 15.2. The van der Waals surface area contributed by atoms with Crippen LogP contribution in [-0.4, -0.2) is 28.4 Å². The molecule has 0 fully saturated rings. The minimum absolute atomic E-state index is 0.329. The van der Waals surface area contributed by atoms with Crippen LogP contribution < -0.4 is 0 Å². The standard InChI is InChI=1S/C20H16N4/c1-2-14-24-17(8-11-21)19(22)18(15-6-4-3-5-7-15)20(24)16-9-12-23-13-10-16/h1,3-13,21-22H,14H2/b17-8+,21-11?,22-19?. The lowest BCUT2D eigenvalue weighted by Crippen LogP contribution is -2.20. The van der Waals surface area contributed by atoms with Gasteiger partial charge in [-0.05, 0) is 23.8 Å². The van der Waals surface area contributed by atoms with Crippen LogP contribution in [0.5, 0.6) is 0 Å². The van der Waals surface area contributed by atoms with Crippen LogP contribution in [0, 0.1) is 23.2 Å². The zero-order valence-electron chi connectivity index (χ0n) is 13.0. The first-order valence-electron chi connectivity index (χ1n) is 7.49. The molecule has 1 aliphatic rings. The summed E-state index contributed by atoms with van der Waals surface area (Å²) < 4.78 is 0. The van der Waals surface area contributed by atoms with Gasteiger partial charge in [0.1, 0.15) is 0 Å². The second-order valence-electron chi connectivity index (χ2n) is 5.21. The summed E-state index contributed by atoms with van der Waals surface area (Å²) in [7, 11) is 0. The maximum absolute atomic E-state index is 8.64. The summed E-state index contributed by atoms with van der Waals surface area (Å²) in [6.45, 7) is 0.329. The van der Waals surface area contributed by atoms with E-state index in [1.807, 2.05) is 47.4 Å². The van der Waals surface area contributed by atoms with Gasteiger partial charge in [-0.15, -0.1) is 6.42 Å². The molecular formula is C20H16N4. The van der Waals surface area contributed by atoms with E-state index in [0.29, 0.717) is 18.0 Å². The monoisotopic (exact) mass is 312 g/mol. The summed E-state index contributed by atoms with van der Waals surface area (Å²) in [4.78, 5) is 5.98. The van der Waals surface area contributed by atoms with Gasteiger partial charge in [0, 0.05) is 29.7 Å². The maximum atomic E-state index is 8.64. The third-order valence-electron chi connectivity index (χ3n) is 3.81. The molecule has 2 heterocycles. The lowest BCUT2D eigenvalue weighted by molar-refractivity contribution is 0.590. The summed E-state index contributed by atoms with van der Waals surface area (Å²) in [6.07, 6.45) is 11.8. The predicted molar refractivity (Wildman–Crippen MR) is 97.6 cm³/mol. The first-order valence-corrected chi connectivity index (χ1v) is 7.49. The Morgan fingerprint density at radius 3 is 2.42 bits per heavy atom. The molecule has 1 aromatic carbocycles. The Bertz CT molecular complexity index is 871. The maximum Gasteiger partial charge on any atom is 0.0877 e. The molecule has 116 valence electrons. The molecule has 1 aliphatic heterocycles. The highest BCUT2D eigenvalue weighted by Gasteiger charge is 2.33. The molecule has 0 aliphatic carbocycles. The first-order chi connectivity index (χ1) is 11.8. The SMILES string of the molecule is C#CCN1C(c2ccncc2)=C(c2ccccc2)C(=N)/C1=C\C=N. The third-order valence-corrected chi connectivity index (χ3v) is 3.81. The van der Waals surface area contributed by atoms with Crippen LogP contribution in [0.3, 0.4) is 0 Å². The van der Waals surface area contributed by atoms with E-state index >= 15 is 0 Å². The van der Waals surface area contributed by atoms with E-state index < -0.39 is 0 Å². The van der Waals surface area contributed by atoms with Crippen molar-refractivity contribution < 1.29 is 0 Å². The van der Waals surface area contributed by atoms with Crippen molar-refractivity contribution in [3.05, 3.63) is 77.8 Å². The lowest BCUT2D eigenvalue weighted by atomic mass is 9.98. The molecule has 0 saturated heterocycles. The van der Waals surface area contributed by atoms with Crippen LogP contribution in [0.4, 0.5) is 0 Å². The van der Waals surface area contributed by atoms with E-state index in [-0.39, 0.29) is 0 Å². The molecule has 3 rings (SSSR count). The van der Waals surface area contributed by atoms with Gasteiger partial charge in [-0.1, -0.05) is 36.3 Å². The number of hydrogen-bond acceptors (Lipinski definition) is 4. The fraction of sp³-hybridized carbons (Fsp3) is 0.0500. The molecule has 2 N–H and O–H groups in total. The van der Waals surface area contributed by atoms with E-state index in [9.17, 15) is 0 Å². The highest BCUT2D eigenvalue weighted by molar-refractivity contribution is 6.39. The van der Waals surface area contributed by atoms with Gasteiger partial charge in [0.2, 0.25) is 0 Å². The summed E-state index contributed by atoms with van der Waals surface area (Å²) in [5, 5.41) is 16.1. The number of hydrogen-bond donors (Lipinski definition) is 2. The van der Waals surface area contributed by atoms with Gasteiger partial charge in [-0.25, -0.2) is 0 Å². The molecule has 4 heteroatoms. The van der Waals surface area contributed by atoms with Crippen LogP contribution >= 0.6 is 0 Å². The second-order valence-corrected chi connectivity index (χ2v) is 5.21. The van der Waals surface area contributed by atoms with Gasteiger partial charge in [0.25, 0.3) is 0 Å². The fourth-order valence-electron chi connectivity index (χ4n) is 2.84. The Labute approximate surface area is 141 Å². The number of nitrogens with one attached hydrogen (secondary N) is 2. The summed E-state index contributed by atoms with van der Waals surface area (Å²) in [6, 6.07) is 13.6. The molecule has 4 nitrogen and oxygen atoms in total. The van der Waals surface area contributed by atoms with Crippen molar-refractivity contribution in [3.63, 3.8) is 0 Å². The number of nitrogens with zero attached hydrogens (tertiary/aromatic N) is 2. The van der Waals surface area contributed by atoms with E-state index in [0.717, 1.165) is 22.4 Å². The van der Waals surface area contributed by atoms with E-state index in [2.05, 4.69) is 10.9 Å². The topological polar surface area (TPSA) is 63.8 Å². The minimum atomic E-state index is 0.329. The third kappa shape index (κ3) is 2.64. The average Bonchev–Trinajstić information content (AvgIpc) is 2.90. The number of terminal acetylenes is 1. The predicted octanol–water partition coefficient (Wildman–Crippen LogP) is 3.45. The zero-order valence-corrected chi connectivity index (χ0v) is 13.0. The van der Waals surface area contributed by atoms with Gasteiger partial charge in [-0.3, -0.25) is 10.4 Å². The smallest absolute Gasteiger partial charge is 0.0877 e. The van der Waals surface area contributed by atoms with Crippen molar-refractivity contribution in [3.8, 4) is 12.3 Å². The minimum Gasteiger partial charge on any atom is -0.327 e. The van der Waals surface area contributed by atoms with Crippen molar-refractivity contribution >= 4 is 23.2 Å². The Morgan fingerprint density at radius 2 is 1.79 bits per heavy atom. The quantitative estimate of drug-likeness (QED) is 0.671. The number of pyridine rings is 1. The lowest BCUT2D eigenvalue weighted by Gasteiger charge is -2.21. The zero-order chi connectivity index (χ0) is 16.9. The number of benzene rings is 1. The molecule has 0 amide bonds. The van der Waals surface area contributed by atoms with Gasteiger partial charge in [-0.2, -0.15) is 0 Å². The Kier molecular flexibility index (Phi) is 4.35. The van der Waals surface area contributed by atoms with Crippen LogP contribution in [0.1, 0.15) is 11.1 Å². The molecule has 2 aromatic rings. The van der Waals surface area contributed by atoms with Crippen LogP contribution in [0.15, 0.2) is 66.6 Å². The molecule has 0 saturated carbocycles. The Morgan fingerprint density at radius 1 is 1.08 bits per heavy atom. The second kappa shape index (κ2) is 6.76. The van der Waals surface area contributed by atoms with Gasteiger partial charge in [0.05, 0.1) is 23.7 Å². The molecule has 0 unspecified atom stereocenters. The number of aromatic nitrogens is 1. The molecule has 0 spiro atoms. The fourth-order valence-corrected chi connectivity index (χ4v) is 2.84. The number of allylic oxidation sites excluding steroid dienone is 2. The normalized spacial score (nSPS) is 15.7. The van der Waals surface area contributed by atoms with Gasteiger partial charge in [0.15, 0.2) is 0 Å². The van der Waals surface area contributed by atoms with Crippen molar-refractivity contribution in [1.82, 2.24) is 9.88 Å². The average molecular weight is 312 g/mol. The van der Waals surface area contributed by atoms with E-state index in [1.54, 1.807) is 18.5 Å². The summed E-state index contributed by atoms with van der Waals surface area (Å²) >= 11 is 0. The molecule has 24 heavy (non-hydrogen) atoms. The van der Waals surface area contributed by atoms with Crippen LogP contribution in [-0.2, 0) is 0 Å².